The van der Waals surface area contributed by atoms with Gasteiger partial charge in [0.15, 0.2) is 11.3 Å². The number of nitrogens with one attached hydrogen (secondary N) is 3. The van der Waals surface area contributed by atoms with Gasteiger partial charge in [0.2, 0.25) is 0 Å². The van der Waals surface area contributed by atoms with E-state index in [1.165, 1.54) is 0 Å². The van der Waals surface area contributed by atoms with E-state index in [1.807, 2.05) is 42.9 Å². The zero-order valence-corrected chi connectivity index (χ0v) is 17.6. The van der Waals surface area contributed by atoms with Gasteiger partial charge in [0.1, 0.15) is 11.4 Å². The number of methoxy groups -OCH3 is 1. The van der Waals surface area contributed by atoms with Gasteiger partial charge in [-0.1, -0.05) is 0 Å². The third-order valence-corrected chi connectivity index (χ3v) is 5.88. The summed E-state index contributed by atoms with van der Waals surface area (Å²) in [5.74, 6) is 0.523. The van der Waals surface area contributed by atoms with Gasteiger partial charge in [-0.25, -0.2) is 9.97 Å². The fraction of sp³-hybridized carbons (Fsp3) is 0.333. The number of imidazole rings is 1. The van der Waals surface area contributed by atoms with E-state index in [9.17, 15) is 4.79 Å². The summed E-state index contributed by atoms with van der Waals surface area (Å²) < 4.78 is 9.00. The first kappa shape index (κ1) is 19.3. The topological polar surface area (TPSA) is 110 Å². The summed E-state index contributed by atoms with van der Waals surface area (Å²) in [4.78, 5) is 22.2. The second-order valence-corrected chi connectivity index (χ2v) is 7.50. The minimum atomic E-state index is -0.202. The second-order valence-electron chi connectivity index (χ2n) is 7.50. The Morgan fingerprint density at radius 3 is 2.77 bits per heavy atom. The first-order valence-corrected chi connectivity index (χ1v) is 10.2. The smallest absolute Gasteiger partial charge is 0.257 e. The predicted octanol–water partition coefficient (Wildman–Crippen LogP) is 2.03. The van der Waals surface area contributed by atoms with Crippen molar-refractivity contribution in [2.75, 3.05) is 31.8 Å². The Morgan fingerprint density at radius 2 is 2.06 bits per heavy atom. The van der Waals surface area contributed by atoms with Crippen LogP contribution in [0.5, 0.6) is 0 Å². The van der Waals surface area contributed by atoms with Gasteiger partial charge in [0.05, 0.1) is 35.4 Å². The van der Waals surface area contributed by atoms with Gasteiger partial charge in [-0.3, -0.25) is 9.20 Å². The molecule has 1 aliphatic rings. The lowest BCUT2D eigenvalue weighted by Gasteiger charge is -2.35. The lowest BCUT2D eigenvalue weighted by molar-refractivity contribution is 0.00732. The van der Waals surface area contributed by atoms with Crippen LogP contribution in [0.4, 0.5) is 11.5 Å². The van der Waals surface area contributed by atoms with Crippen molar-refractivity contribution in [3.8, 4) is 11.4 Å². The van der Waals surface area contributed by atoms with E-state index in [4.69, 9.17) is 9.72 Å². The lowest BCUT2D eigenvalue weighted by atomic mass is 9.89. The van der Waals surface area contributed by atoms with Crippen LogP contribution >= 0.6 is 0 Å². The number of ether oxygens (including phenoxy) is 1. The van der Waals surface area contributed by atoms with Crippen LogP contribution in [0, 0.1) is 0 Å². The molecule has 160 valence electrons. The number of amides is 1. The molecule has 0 spiro atoms. The summed E-state index contributed by atoms with van der Waals surface area (Å²) in [6.07, 6.45) is 7.11. The van der Waals surface area contributed by atoms with Crippen LogP contribution in [0.2, 0.25) is 0 Å². The van der Waals surface area contributed by atoms with E-state index in [1.54, 1.807) is 24.0 Å². The molecule has 0 unspecified atom stereocenters. The van der Waals surface area contributed by atoms with E-state index in [0.29, 0.717) is 16.9 Å². The van der Waals surface area contributed by atoms with Gasteiger partial charge in [0.25, 0.3) is 5.91 Å². The maximum atomic E-state index is 13.0. The van der Waals surface area contributed by atoms with Crippen LogP contribution in [-0.2, 0) is 4.74 Å². The Balaban J connectivity index is 1.60. The highest BCUT2D eigenvalue weighted by Crippen LogP contribution is 2.28. The Labute approximate surface area is 178 Å². The highest BCUT2D eigenvalue weighted by atomic mass is 16.5. The second kappa shape index (κ2) is 7.55. The Bertz CT molecular complexity index is 1280. The Morgan fingerprint density at radius 1 is 1.19 bits per heavy atom. The number of hydrogen-bond acceptors (Lipinski definition) is 7. The largest absolute Gasteiger partial charge is 0.385 e. The van der Waals surface area contributed by atoms with Crippen LogP contribution in [0.1, 0.15) is 23.2 Å². The molecule has 0 radical (unpaired) electrons. The average molecular weight is 420 g/mol. The third kappa shape index (κ3) is 3.07. The summed E-state index contributed by atoms with van der Waals surface area (Å²) >= 11 is 0. The SMILES string of the molecule is CNc1ccc(-c2cc(NC)n3ncc(C(=O)N[C@@H]4CC[C@H]4OC)c3n2)n2ccnc12. The van der Waals surface area contributed by atoms with E-state index in [0.717, 1.165) is 35.7 Å². The zero-order chi connectivity index (χ0) is 21.5. The van der Waals surface area contributed by atoms with Gasteiger partial charge >= 0.3 is 0 Å². The fourth-order valence-corrected chi connectivity index (χ4v) is 4.01. The molecule has 0 saturated heterocycles. The normalized spacial score (nSPS) is 18.2. The summed E-state index contributed by atoms with van der Waals surface area (Å²) in [6, 6.07) is 5.86. The third-order valence-electron chi connectivity index (χ3n) is 5.88. The predicted molar refractivity (Wildman–Crippen MR) is 118 cm³/mol. The molecule has 2 atom stereocenters. The van der Waals surface area contributed by atoms with Crippen LogP contribution in [-0.4, -0.2) is 63.2 Å². The van der Waals surface area contributed by atoms with Crippen molar-refractivity contribution >= 4 is 28.7 Å². The number of aromatic nitrogens is 5. The van der Waals surface area contributed by atoms with Gasteiger partial charge in [-0.05, 0) is 25.0 Å². The number of pyridine rings is 1. The number of hydrogen-bond donors (Lipinski definition) is 3. The monoisotopic (exact) mass is 420 g/mol. The maximum absolute atomic E-state index is 13.0. The Hall–Kier alpha value is -3.66. The van der Waals surface area contributed by atoms with Crippen LogP contribution in [0.3, 0.4) is 0 Å². The summed E-state index contributed by atoms with van der Waals surface area (Å²) in [7, 11) is 5.34. The van der Waals surface area contributed by atoms with Gasteiger partial charge in [-0.2, -0.15) is 9.61 Å². The molecule has 4 heterocycles. The van der Waals surface area contributed by atoms with Crippen molar-refractivity contribution in [1.29, 1.82) is 0 Å². The maximum Gasteiger partial charge on any atom is 0.257 e. The quantitative estimate of drug-likeness (QED) is 0.438. The van der Waals surface area contributed by atoms with Crippen LogP contribution < -0.4 is 16.0 Å². The molecule has 1 aliphatic carbocycles. The summed E-state index contributed by atoms with van der Waals surface area (Å²) in [5, 5.41) is 13.7. The molecule has 5 rings (SSSR count). The zero-order valence-electron chi connectivity index (χ0n) is 17.6. The van der Waals surface area contributed by atoms with Crippen molar-refractivity contribution in [3.63, 3.8) is 0 Å². The van der Waals surface area contributed by atoms with Crippen molar-refractivity contribution in [1.82, 2.24) is 29.3 Å². The summed E-state index contributed by atoms with van der Waals surface area (Å²) in [6.45, 7) is 0. The first-order chi connectivity index (χ1) is 15.1. The molecule has 1 fully saturated rings. The minimum absolute atomic E-state index is 0.0130. The molecule has 0 aliphatic heterocycles. The van der Waals surface area contributed by atoms with Gasteiger partial charge < -0.3 is 20.7 Å². The molecule has 4 aromatic rings. The highest BCUT2D eigenvalue weighted by Gasteiger charge is 2.33. The molecule has 0 aromatic carbocycles. The van der Waals surface area contributed by atoms with Gasteiger partial charge in [-0.15, -0.1) is 0 Å². The molecular weight excluding hydrogens is 396 g/mol. The Kier molecular flexibility index (Phi) is 4.70. The number of rotatable bonds is 6. The molecule has 0 bridgehead atoms. The van der Waals surface area contributed by atoms with E-state index in [2.05, 4.69) is 26.0 Å². The van der Waals surface area contributed by atoms with Crippen LogP contribution in [0.15, 0.2) is 36.8 Å². The summed E-state index contributed by atoms with van der Waals surface area (Å²) in [5.41, 5.74) is 4.19. The van der Waals surface area contributed by atoms with Crippen molar-refractivity contribution in [3.05, 3.63) is 42.4 Å². The van der Waals surface area contributed by atoms with Crippen LogP contribution in [0.25, 0.3) is 22.7 Å². The number of carbonyl (C=O) groups is 1. The van der Waals surface area contributed by atoms with Crippen molar-refractivity contribution < 1.29 is 9.53 Å². The van der Waals surface area contributed by atoms with E-state index in [-0.39, 0.29) is 18.1 Å². The molecule has 10 nitrogen and oxygen atoms in total. The van der Waals surface area contributed by atoms with Crippen molar-refractivity contribution in [2.24, 2.45) is 0 Å². The lowest BCUT2D eigenvalue weighted by Crippen LogP contribution is -2.51. The number of carbonyl (C=O) groups excluding carboxylic acids is 1. The highest BCUT2D eigenvalue weighted by molar-refractivity contribution is 6.00. The molecule has 1 amide bonds. The van der Waals surface area contributed by atoms with E-state index < -0.39 is 0 Å². The number of fused-ring (bicyclic) bond motifs is 2. The number of nitrogens with zero attached hydrogens (tertiary/aromatic N) is 5. The molecule has 3 N–H and O–H groups in total. The molecule has 31 heavy (non-hydrogen) atoms. The molecule has 4 aromatic heterocycles. The standard InChI is InChI=1S/C21H24N8O2/c1-22-14-4-6-16(28-9-8-24-20(14)28)15-10-18(23-2)29-19(26-15)12(11-25-29)21(30)27-13-5-7-17(13)31-3/h4,6,8-11,13,17,22-23H,5,7H2,1-3H3,(H,27,30)/t13-,17-/m1/s1. The van der Waals surface area contributed by atoms with Crippen molar-refractivity contribution in [2.45, 2.75) is 25.0 Å². The fourth-order valence-electron chi connectivity index (χ4n) is 4.01. The number of anilines is 2. The molecule has 10 heteroatoms. The van der Waals surface area contributed by atoms with Gasteiger partial charge in [0, 0.05) is 39.7 Å². The van der Waals surface area contributed by atoms with E-state index >= 15 is 0 Å². The molecular formula is C21H24N8O2. The first-order valence-electron chi connectivity index (χ1n) is 10.2. The molecule has 1 saturated carbocycles. The average Bonchev–Trinajstić information content (AvgIpc) is 3.43. The minimum Gasteiger partial charge on any atom is -0.385 e.